The fraction of sp³-hybridized carbons (Fsp3) is 0.278. The molecule has 1 amide bonds. The number of amides is 1. The van der Waals surface area contributed by atoms with Crippen molar-refractivity contribution in [2.24, 2.45) is 0 Å². The monoisotopic (exact) mass is 491 g/mol. The number of nitrogens with one attached hydrogen (secondary N) is 1. The zero-order valence-electron chi connectivity index (χ0n) is 14.5. The molecule has 1 atom stereocenters. The van der Waals surface area contributed by atoms with Crippen LogP contribution in [0.2, 0.25) is 5.02 Å². The summed E-state index contributed by atoms with van der Waals surface area (Å²) in [6.45, 7) is -0.0187. The zero-order chi connectivity index (χ0) is 19.3. The Kier molecular flexibility index (Phi) is 7.36. The number of carbonyl (C=O) groups is 1. The van der Waals surface area contributed by atoms with Crippen molar-refractivity contribution in [2.45, 2.75) is 6.10 Å². The number of methoxy groups -OCH3 is 3. The van der Waals surface area contributed by atoms with E-state index in [9.17, 15) is 9.90 Å². The quantitative estimate of drug-likeness (QED) is 0.581. The first kappa shape index (κ1) is 20.6. The van der Waals surface area contributed by atoms with Gasteiger partial charge in [-0.25, -0.2) is 0 Å². The van der Waals surface area contributed by atoms with Gasteiger partial charge in [-0.3, -0.25) is 4.79 Å². The van der Waals surface area contributed by atoms with Gasteiger partial charge in [-0.05, 0) is 52.9 Å². The SMILES string of the molecule is COc1ccc(OC)c(C(O)CNC(=O)c2cc(Cl)c(I)cc2OC)c1. The molecule has 8 heteroatoms. The molecule has 0 aliphatic heterocycles. The maximum absolute atomic E-state index is 12.5. The van der Waals surface area contributed by atoms with Crippen LogP contribution in [0.4, 0.5) is 0 Å². The second-order valence-electron chi connectivity index (χ2n) is 5.30. The smallest absolute Gasteiger partial charge is 0.255 e. The maximum Gasteiger partial charge on any atom is 0.255 e. The first-order valence-corrected chi connectivity index (χ1v) is 9.08. The van der Waals surface area contributed by atoms with Crippen LogP contribution in [-0.4, -0.2) is 38.9 Å². The lowest BCUT2D eigenvalue weighted by molar-refractivity contribution is 0.0911. The third-order valence-electron chi connectivity index (χ3n) is 3.74. The number of hydrogen-bond acceptors (Lipinski definition) is 5. The van der Waals surface area contributed by atoms with Crippen LogP contribution < -0.4 is 19.5 Å². The van der Waals surface area contributed by atoms with E-state index in [1.54, 1.807) is 24.3 Å². The number of halogens is 2. The van der Waals surface area contributed by atoms with Crippen LogP contribution in [0.3, 0.4) is 0 Å². The largest absolute Gasteiger partial charge is 0.497 e. The molecule has 1 unspecified atom stereocenters. The van der Waals surface area contributed by atoms with E-state index in [0.717, 1.165) is 3.57 Å². The summed E-state index contributed by atoms with van der Waals surface area (Å²) in [5.41, 5.74) is 0.808. The molecule has 2 aromatic rings. The molecule has 0 aliphatic carbocycles. The van der Waals surface area contributed by atoms with Gasteiger partial charge in [-0.15, -0.1) is 0 Å². The zero-order valence-corrected chi connectivity index (χ0v) is 17.4. The Labute approximate surface area is 170 Å². The van der Waals surface area contributed by atoms with Crippen LogP contribution in [-0.2, 0) is 0 Å². The van der Waals surface area contributed by atoms with E-state index in [1.807, 2.05) is 0 Å². The summed E-state index contributed by atoms with van der Waals surface area (Å²) in [6, 6.07) is 8.31. The highest BCUT2D eigenvalue weighted by molar-refractivity contribution is 14.1. The Morgan fingerprint density at radius 1 is 1.15 bits per heavy atom. The lowest BCUT2D eigenvalue weighted by atomic mass is 10.1. The van der Waals surface area contributed by atoms with Gasteiger partial charge in [-0.1, -0.05) is 11.6 Å². The van der Waals surface area contributed by atoms with Crippen LogP contribution >= 0.6 is 34.2 Å². The number of aliphatic hydroxyl groups excluding tert-OH is 1. The van der Waals surface area contributed by atoms with Crippen molar-refractivity contribution in [3.05, 3.63) is 50.1 Å². The minimum absolute atomic E-state index is 0.0187. The molecule has 140 valence electrons. The summed E-state index contributed by atoms with van der Waals surface area (Å²) in [4.78, 5) is 12.5. The van der Waals surface area contributed by atoms with E-state index >= 15 is 0 Å². The number of ether oxygens (including phenoxy) is 3. The second-order valence-corrected chi connectivity index (χ2v) is 6.87. The first-order chi connectivity index (χ1) is 12.4. The molecule has 2 aromatic carbocycles. The Bertz CT molecular complexity index is 799. The minimum Gasteiger partial charge on any atom is -0.497 e. The summed E-state index contributed by atoms with van der Waals surface area (Å²) in [5, 5.41) is 13.6. The fourth-order valence-electron chi connectivity index (χ4n) is 2.37. The summed E-state index contributed by atoms with van der Waals surface area (Å²) >= 11 is 8.15. The average Bonchev–Trinajstić information content (AvgIpc) is 2.66. The Morgan fingerprint density at radius 2 is 1.85 bits per heavy atom. The summed E-state index contributed by atoms with van der Waals surface area (Å²) < 4.78 is 16.4. The molecule has 0 saturated heterocycles. The molecule has 0 radical (unpaired) electrons. The van der Waals surface area contributed by atoms with Crippen molar-refractivity contribution < 1.29 is 24.1 Å². The van der Waals surface area contributed by atoms with Gasteiger partial charge in [0.15, 0.2) is 0 Å². The highest BCUT2D eigenvalue weighted by atomic mass is 127. The van der Waals surface area contributed by atoms with Crippen LogP contribution in [0.25, 0.3) is 0 Å². The lowest BCUT2D eigenvalue weighted by Gasteiger charge is -2.17. The average molecular weight is 492 g/mol. The standard InChI is InChI=1S/C18H19ClINO5/c1-24-10-4-5-16(25-2)11(6-10)15(22)9-21-18(23)12-7-13(19)14(20)8-17(12)26-3/h4-8,15,22H,9H2,1-3H3,(H,21,23). The van der Waals surface area contributed by atoms with Gasteiger partial charge in [0, 0.05) is 15.7 Å². The molecule has 0 bridgehead atoms. The molecule has 6 nitrogen and oxygen atoms in total. The third kappa shape index (κ3) is 4.72. The molecule has 0 aliphatic rings. The van der Waals surface area contributed by atoms with Gasteiger partial charge in [-0.2, -0.15) is 0 Å². The van der Waals surface area contributed by atoms with Crippen molar-refractivity contribution in [3.8, 4) is 17.2 Å². The summed E-state index contributed by atoms with van der Waals surface area (Å²) in [6.07, 6.45) is -0.977. The molecule has 0 fully saturated rings. The predicted molar refractivity (Wildman–Crippen MR) is 108 cm³/mol. The summed E-state index contributed by atoms with van der Waals surface area (Å²) in [5.74, 6) is 1.09. The topological polar surface area (TPSA) is 77.0 Å². The number of aliphatic hydroxyl groups is 1. The number of rotatable bonds is 7. The van der Waals surface area contributed by atoms with E-state index < -0.39 is 12.0 Å². The first-order valence-electron chi connectivity index (χ1n) is 7.62. The Balaban J connectivity index is 2.16. The molecule has 0 spiro atoms. The van der Waals surface area contributed by atoms with Gasteiger partial charge in [0.1, 0.15) is 23.4 Å². The molecule has 0 saturated carbocycles. The van der Waals surface area contributed by atoms with E-state index in [1.165, 1.54) is 27.4 Å². The molecule has 0 heterocycles. The molecule has 0 aromatic heterocycles. The Morgan fingerprint density at radius 3 is 2.46 bits per heavy atom. The van der Waals surface area contributed by atoms with Gasteiger partial charge in [0.05, 0.1) is 31.9 Å². The van der Waals surface area contributed by atoms with Gasteiger partial charge in [0.2, 0.25) is 0 Å². The number of hydrogen-bond donors (Lipinski definition) is 2. The molecule has 2 rings (SSSR count). The van der Waals surface area contributed by atoms with Gasteiger partial charge in [0.25, 0.3) is 5.91 Å². The normalized spacial score (nSPS) is 11.6. The molecular weight excluding hydrogens is 473 g/mol. The van der Waals surface area contributed by atoms with Crippen LogP contribution in [0.1, 0.15) is 22.0 Å². The van der Waals surface area contributed by atoms with Crippen molar-refractivity contribution >= 4 is 40.1 Å². The van der Waals surface area contributed by atoms with E-state index in [2.05, 4.69) is 27.9 Å². The van der Waals surface area contributed by atoms with Crippen molar-refractivity contribution in [2.75, 3.05) is 27.9 Å². The highest BCUT2D eigenvalue weighted by Gasteiger charge is 2.19. The molecular formula is C18H19ClINO5. The number of benzene rings is 2. The predicted octanol–water partition coefficient (Wildman–Crippen LogP) is 3.43. The van der Waals surface area contributed by atoms with Crippen molar-refractivity contribution in [1.82, 2.24) is 5.32 Å². The van der Waals surface area contributed by atoms with Crippen LogP contribution in [0.5, 0.6) is 17.2 Å². The third-order valence-corrected chi connectivity index (χ3v) is 5.26. The van der Waals surface area contributed by atoms with Crippen LogP contribution in [0, 0.1) is 3.57 Å². The molecule has 26 heavy (non-hydrogen) atoms. The van der Waals surface area contributed by atoms with Gasteiger partial charge >= 0.3 is 0 Å². The second kappa shape index (κ2) is 9.29. The Hall–Kier alpha value is -1.71. The highest BCUT2D eigenvalue weighted by Crippen LogP contribution is 2.30. The fourth-order valence-corrected chi connectivity index (χ4v) is 2.97. The van der Waals surface area contributed by atoms with E-state index in [-0.39, 0.29) is 6.54 Å². The van der Waals surface area contributed by atoms with Crippen LogP contribution in [0.15, 0.2) is 30.3 Å². The van der Waals surface area contributed by atoms with E-state index in [4.69, 9.17) is 25.8 Å². The maximum atomic E-state index is 12.5. The summed E-state index contributed by atoms with van der Waals surface area (Å²) in [7, 11) is 4.52. The van der Waals surface area contributed by atoms with E-state index in [0.29, 0.717) is 33.4 Å². The lowest BCUT2D eigenvalue weighted by Crippen LogP contribution is -2.29. The van der Waals surface area contributed by atoms with Crippen molar-refractivity contribution in [3.63, 3.8) is 0 Å². The van der Waals surface area contributed by atoms with Crippen molar-refractivity contribution in [1.29, 1.82) is 0 Å². The van der Waals surface area contributed by atoms with Gasteiger partial charge < -0.3 is 24.6 Å². The minimum atomic E-state index is -0.977. The number of carbonyl (C=O) groups excluding carboxylic acids is 1. The molecule has 2 N–H and O–H groups in total.